The molecule has 0 aromatic rings. The van der Waals surface area contributed by atoms with Crippen LogP contribution in [-0.4, -0.2) is 66.3 Å². The normalized spacial score (nSPS) is 56.4. The van der Waals surface area contributed by atoms with E-state index in [4.69, 9.17) is 9.47 Å². The number of carbonyl (C=O) groups is 1. The zero-order chi connectivity index (χ0) is 26.1. The first-order chi connectivity index (χ1) is 16.8. The molecule has 204 valence electrons. The Morgan fingerprint density at radius 3 is 2.39 bits per heavy atom. The fraction of sp³-hybridized carbons (Fsp3) is 0.967. The molecule has 6 aliphatic rings. The molecule has 0 aromatic heterocycles. The summed E-state index contributed by atoms with van der Waals surface area (Å²) in [5, 5.41) is 23.1. The average Bonchev–Trinajstić information content (AvgIpc) is 3.46. The molecule has 1 heterocycles. The second-order valence-electron chi connectivity index (χ2n) is 15.0. The van der Waals surface area contributed by atoms with Crippen LogP contribution in [0.1, 0.15) is 86.0 Å². The number of carbonyl (C=O) groups excluding carboxylic acids is 1. The summed E-state index contributed by atoms with van der Waals surface area (Å²) in [7, 11) is 3.17. The molecular formula is C30H49NO5. The van der Waals surface area contributed by atoms with E-state index in [2.05, 4.69) is 34.6 Å². The molecule has 5 aliphatic carbocycles. The molecule has 6 fully saturated rings. The standard InChI is InChI=1S/C30H49NO5/c1-17-14-18(15-31(6)25(34)35-7)36-23-22(17)27(4)12-13-30-16-29(30)11-10-21(32)26(2,3)19(29)8-9-20(30)28(27,5)24(23)33/h17-24,32-33H,8-16H2,1-7H3/t17-,18?,19+,20?,21+,22+,23?,24+,27-,28-,29-,30+/m1/s1. The Morgan fingerprint density at radius 1 is 1.03 bits per heavy atom. The van der Waals surface area contributed by atoms with Crippen molar-refractivity contribution in [2.75, 3.05) is 20.7 Å². The van der Waals surface area contributed by atoms with Crippen molar-refractivity contribution in [3.63, 3.8) is 0 Å². The van der Waals surface area contributed by atoms with Gasteiger partial charge in [0.2, 0.25) is 0 Å². The van der Waals surface area contributed by atoms with E-state index in [1.807, 2.05) is 0 Å². The quantitative estimate of drug-likeness (QED) is 0.563. The SMILES string of the molecule is COC(=O)N(C)CC1C[C@@H](C)[C@H]2C(O1)[C@H](O)[C@@]1(C)C3CC[C@H]4C(C)(C)[C@@H](O)CC[C@@]45C[C@@]35CC[C@]21C. The molecule has 1 aliphatic heterocycles. The maximum Gasteiger partial charge on any atom is 0.409 e. The number of hydrogen-bond acceptors (Lipinski definition) is 5. The summed E-state index contributed by atoms with van der Waals surface area (Å²) in [5.74, 6) is 1.88. The van der Waals surface area contributed by atoms with Crippen LogP contribution >= 0.6 is 0 Å². The van der Waals surface area contributed by atoms with Crippen molar-refractivity contribution in [1.82, 2.24) is 4.90 Å². The molecule has 12 atom stereocenters. The van der Waals surface area contributed by atoms with Gasteiger partial charge in [-0.3, -0.25) is 0 Å². The smallest absolute Gasteiger partial charge is 0.409 e. The summed E-state index contributed by atoms with van der Waals surface area (Å²) < 4.78 is 11.6. The van der Waals surface area contributed by atoms with Crippen molar-refractivity contribution in [1.29, 1.82) is 0 Å². The lowest BCUT2D eigenvalue weighted by atomic mass is 9.41. The molecule has 6 heteroatoms. The van der Waals surface area contributed by atoms with Crippen LogP contribution in [0.4, 0.5) is 4.79 Å². The van der Waals surface area contributed by atoms with E-state index in [1.165, 1.54) is 26.4 Å². The third-order valence-electron chi connectivity index (χ3n) is 13.8. The van der Waals surface area contributed by atoms with Crippen LogP contribution in [0.25, 0.3) is 0 Å². The summed E-state index contributed by atoms with van der Waals surface area (Å²) in [6, 6.07) is 0. The molecule has 1 amide bonds. The lowest BCUT2D eigenvalue weighted by Crippen LogP contribution is -2.59. The number of amides is 1. The second-order valence-corrected chi connectivity index (χ2v) is 15.0. The van der Waals surface area contributed by atoms with Gasteiger partial charge in [-0.1, -0.05) is 34.6 Å². The molecule has 2 spiro atoms. The minimum Gasteiger partial charge on any atom is -0.453 e. The molecule has 6 rings (SSSR count). The van der Waals surface area contributed by atoms with Crippen LogP contribution in [0.15, 0.2) is 0 Å². The van der Waals surface area contributed by atoms with E-state index < -0.39 is 6.10 Å². The van der Waals surface area contributed by atoms with Crippen molar-refractivity contribution in [3.8, 4) is 0 Å². The minimum absolute atomic E-state index is 0.0207. The van der Waals surface area contributed by atoms with Crippen LogP contribution in [-0.2, 0) is 9.47 Å². The van der Waals surface area contributed by atoms with Crippen LogP contribution in [0, 0.1) is 50.7 Å². The van der Waals surface area contributed by atoms with Crippen molar-refractivity contribution in [2.45, 2.75) is 110 Å². The molecule has 0 bridgehead atoms. The third kappa shape index (κ3) is 2.77. The first-order valence-corrected chi connectivity index (χ1v) is 14.6. The minimum atomic E-state index is -0.486. The largest absolute Gasteiger partial charge is 0.453 e. The van der Waals surface area contributed by atoms with Crippen LogP contribution < -0.4 is 0 Å². The molecule has 0 radical (unpaired) electrons. The first-order valence-electron chi connectivity index (χ1n) is 14.6. The Hall–Kier alpha value is -0.850. The van der Waals surface area contributed by atoms with Gasteiger partial charge in [0, 0.05) is 19.0 Å². The summed E-state index contributed by atoms with van der Waals surface area (Å²) in [6.45, 7) is 12.4. The van der Waals surface area contributed by atoms with Crippen molar-refractivity contribution < 1.29 is 24.5 Å². The number of ether oxygens (including phenoxy) is 2. The predicted octanol–water partition coefficient (Wildman–Crippen LogP) is 4.86. The van der Waals surface area contributed by atoms with Crippen LogP contribution in [0.3, 0.4) is 0 Å². The number of fused-ring (bicyclic) bond motifs is 4. The Kier molecular flexibility index (Phi) is 5.39. The summed E-state index contributed by atoms with van der Waals surface area (Å²) in [6.07, 6.45) is 7.78. The lowest BCUT2D eigenvalue weighted by Gasteiger charge is -2.63. The van der Waals surface area contributed by atoms with Gasteiger partial charge in [-0.15, -0.1) is 0 Å². The number of rotatable bonds is 2. The molecule has 1 saturated heterocycles. The van der Waals surface area contributed by atoms with Gasteiger partial charge in [0.15, 0.2) is 0 Å². The summed E-state index contributed by atoms with van der Waals surface area (Å²) >= 11 is 0. The highest BCUT2D eigenvalue weighted by molar-refractivity contribution is 5.66. The Labute approximate surface area is 217 Å². The molecule has 3 unspecified atom stereocenters. The highest BCUT2D eigenvalue weighted by Crippen LogP contribution is 2.89. The second kappa shape index (κ2) is 7.63. The van der Waals surface area contributed by atoms with Crippen molar-refractivity contribution in [2.24, 2.45) is 50.7 Å². The monoisotopic (exact) mass is 503 g/mol. The number of hydrogen-bond donors (Lipinski definition) is 2. The maximum atomic E-state index is 12.2. The van der Waals surface area contributed by atoms with Crippen molar-refractivity contribution >= 4 is 6.09 Å². The zero-order valence-electron chi connectivity index (χ0n) is 23.5. The van der Waals surface area contributed by atoms with Crippen LogP contribution in [0.2, 0.25) is 0 Å². The Morgan fingerprint density at radius 2 is 1.69 bits per heavy atom. The van der Waals surface area contributed by atoms with E-state index in [0.29, 0.717) is 41.0 Å². The fourth-order valence-corrected chi connectivity index (χ4v) is 12.0. The molecular weight excluding hydrogens is 454 g/mol. The van der Waals surface area contributed by atoms with Crippen LogP contribution in [0.5, 0.6) is 0 Å². The van der Waals surface area contributed by atoms with E-state index in [9.17, 15) is 15.0 Å². The van der Waals surface area contributed by atoms with Gasteiger partial charge in [-0.05, 0) is 96.7 Å². The number of aliphatic hydroxyl groups is 2. The van der Waals surface area contributed by atoms with Gasteiger partial charge in [-0.2, -0.15) is 0 Å². The van der Waals surface area contributed by atoms with E-state index in [-0.39, 0.29) is 40.7 Å². The average molecular weight is 504 g/mol. The van der Waals surface area contributed by atoms with Gasteiger partial charge >= 0.3 is 6.09 Å². The Bertz CT molecular complexity index is 938. The summed E-state index contributed by atoms with van der Waals surface area (Å²) in [4.78, 5) is 13.6. The molecule has 5 saturated carbocycles. The van der Waals surface area contributed by atoms with Crippen molar-refractivity contribution in [3.05, 3.63) is 0 Å². The summed E-state index contributed by atoms with van der Waals surface area (Å²) in [5.41, 5.74) is 0.532. The van der Waals surface area contributed by atoms with Gasteiger partial charge in [0.05, 0.1) is 31.5 Å². The lowest BCUT2D eigenvalue weighted by molar-refractivity contribution is -0.182. The van der Waals surface area contributed by atoms with Gasteiger partial charge in [0.25, 0.3) is 0 Å². The highest BCUT2D eigenvalue weighted by Gasteiger charge is 2.84. The number of nitrogens with zero attached hydrogens (tertiary/aromatic N) is 1. The highest BCUT2D eigenvalue weighted by atomic mass is 16.5. The maximum absolute atomic E-state index is 12.2. The van der Waals surface area contributed by atoms with Gasteiger partial charge in [0.1, 0.15) is 0 Å². The zero-order valence-corrected chi connectivity index (χ0v) is 23.5. The van der Waals surface area contributed by atoms with E-state index in [1.54, 1.807) is 11.9 Å². The van der Waals surface area contributed by atoms with E-state index in [0.717, 1.165) is 32.1 Å². The number of likely N-dealkylation sites (N-methyl/N-ethyl adjacent to an activating group) is 1. The Balaban J connectivity index is 1.31. The third-order valence-corrected chi connectivity index (χ3v) is 13.8. The van der Waals surface area contributed by atoms with Gasteiger partial charge < -0.3 is 24.6 Å². The molecule has 6 nitrogen and oxygen atoms in total. The molecule has 2 N–H and O–H groups in total. The number of methoxy groups -OCH3 is 1. The van der Waals surface area contributed by atoms with Gasteiger partial charge in [-0.25, -0.2) is 4.79 Å². The molecule has 36 heavy (non-hydrogen) atoms. The predicted molar refractivity (Wildman–Crippen MR) is 137 cm³/mol. The first kappa shape index (κ1) is 25.4. The molecule has 0 aromatic carbocycles. The fourth-order valence-electron chi connectivity index (χ4n) is 12.0. The number of aliphatic hydroxyl groups excluding tert-OH is 2. The van der Waals surface area contributed by atoms with E-state index >= 15 is 0 Å². The topological polar surface area (TPSA) is 79.2 Å².